The van der Waals surface area contributed by atoms with Crippen molar-refractivity contribution in [2.24, 2.45) is 0 Å². The first-order chi connectivity index (χ1) is 8.58. The molecule has 1 aromatic heterocycles. The topological polar surface area (TPSA) is 59.1 Å². The van der Waals surface area contributed by atoms with Gasteiger partial charge < -0.3 is 0 Å². The molecule has 0 spiro atoms. The predicted molar refractivity (Wildman–Crippen MR) is 66.5 cm³/mol. The summed E-state index contributed by atoms with van der Waals surface area (Å²) >= 11 is 1.12. The molecule has 1 amide bonds. The molecule has 0 bridgehead atoms. The zero-order valence-corrected chi connectivity index (χ0v) is 10.3. The lowest BCUT2D eigenvalue weighted by molar-refractivity contribution is 0.100. The number of carbonyl (C=O) groups is 2. The summed E-state index contributed by atoms with van der Waals surface area (Å²) in [6.07, 6.45) is 0. The normalized spacial score (nSPS) is 10.1. The van der Waals surface area contributed by atoms with E-state index in [9.17, 15) is 14.0 Å². The summed E-state index contributed by atoms with van der Waals surface area (Å²) in [4.78, 5) is 26.7. The third kappa shape index (κ3) is 2.60. The van der Waals surface area contributed by atoms with Gasteiger partial charge in [-0.25, -0.2) is 9.37 Å². The van der Waals surface area contributed by atoms with Crippen LogP contribution in [-0.4, -0.2) is 16.7 Å². The number of thiazole rings is 1. The molecule has 0 saturated carbocycles. The minimum absolute atomic E-state index is 0.0583. The van der Waals surface area contributed by atoms with E-state index in [1.165, 1.54) is 25.1 Å². The Balaban J connectivity index is 2.16. The summed E-state index contributed by atoms with van der Waals surface area (Å²) in [5.41, 5.74) is 0.223. The smallest absolute Gasteiger partial charge is 0.260 e. The minimum atomic E-state index is -0.599. The summed E-state index contributed by atoms with van der Waals surface area (Å²) in [7, 11) is 0. The molecule has 1 aromatic carbocycles. The number of Topliss-reactive ketones (excluding diaryl/α,β-unsaturated/α-hetero) is 1. The van der Waals surface area contributed by atoms with Crippen molar-refractivity contribution in [3.05, 3.63) is 46.7 Å². The van der Waals surface area contributed by atoms with E-state index in [-0.39, 0.29) is 22.2 Å². The summed E-state index contributed by atoms with van der Waals surface area (Å²) in [6, 6.07) is 5.66. The van der Waals surface area contributed by atoms with Gasteiger partial charge in [-0.05, 0) is 12.1 Å². The van der Waals surface area contributed by atoms with E-state index in [0.29, 0.717) is 0 Å². The number of halogens is 1. The van der Waals surface area contributed by atoms with Gasteiger partial charge >= 0.3 is 0 Å². The molecule has 0 radical (unpaired) electrons. The first-order valence-electron chi connectivity index (χ1n) is 5.10. The molecule has 0 fully saturated rings. The fourth-order valence-corrected chi connectivity index (χ4v) is 2.05. The van der Waals surface area contributed by atoms with Crippen LogP contribution in [0.2, 0.25) is 0 Å². The van der Waals surface area contributed by atoms with Crippen molar-refractivity contribution in [2.45, 2.75) is 6.92 Å². The molecule has 92 valence electrons. The molecule has 1 heterocycles. The molecular weight excluding hydrogens is 255 g/mol. The van der Waals surface area contributed by atoms with Crippen LogP contribution in [0.1, 0.15) is 27.8 Å². The summed E-state index contributed by atoms with van der Waals surface area (Å²) < 4.78 is 13.3. The molecule has 6 heteroatoms. The number of anilines is 1. The van der Waals surface area contributed by atoms with Crippen LogP contribution in [0.3, 0.4) is 0 Å². The van der Waals surface area contributed by atoms with Gasteiger partial charge in [-0.3, -0.25) is 14.9 Å². The maximum atomic E-state index is 13.3. The molecule has 18 heavy (non-hydrogen) atoms. The van der Waals surface area contributed by atoms with Crippen LogP contribution in [0.25, 0.3) is 0 Å². The number of benzene rings is 1. The van der Waals surface area contributed by atoms with E-state index in [1.54, 1.807) is 11.4 Å². The lowest BCUT2D eigenvalue weighted by atomic mass is 10.2. The fourth-order valence-electron chi connectivity index (χ4n) is 1.30. The molecule has 0 unspecified atom stereocenters. The van der Waals surface area contributed by atoms with Crippen LogP contribution in [0.15, 0.2) is 29.6 Å². The van der Waals surface area contributed by atoms with Crippen molar-refractivity contribution in [3.8, 4) is 0 Å². The van der Waals surface area contributed by atoms with Crippen LogP contribution >= 0.6 is 11.3 Å². The molecule has 2 rings (SSSR count). The highest BCUT2D eigenvalue weighted by Crippen LogP contribution is 2.17. The number of aromatic nitrogens is 1. The van der Waals surface area contributed by atoms with Gasteiger partial charge in [0.15, 0.2) is 10.9 Å². The van der Waals surface area contributed by atoms with E-state index >= 15 is 0 Å². The second-order valence-electron chi connectivity index (χ2n) is 3.53. The van der Waals surface area contributed by atoms with E-state index < -0.39 is 11.7 Å². The highest BCUT2D eigenvalue weighted by atomic mass is 32.1. The van der Waals surface area contributed by atoms with Crippen LogP contribution in [-0.2, 0) is 0 Å². The molecule has 2 aromatic rings. The second-order valence-corrected chi connectivity index (χ2v) is 4.39. The number of carbonyl (C=O) groups excluding carboxylic acids is 2. The Bertz CT molecular complexity index is 610. The van der Waals surface area contributed by atoms with Crippen molar-refractivity contribution in [2.75, 3.05) is 5.32 Å². The second kappa shape index (κ2) is 5.05. The highest BCUT2D eigenvalue weighted by Gasteiger charge is 2.13. The van der Waals surface area contributed by atoms with Gasteiger partial charge in [0.05, 0.1) is 5.56 Å². The predicted octanol–water partition coefficient (Wildman–Crippen LogP) is 2.74. The molecule has 0 aliphatic heterocycles. The Labute approximate surface area is 106 Å². The quantitative estimate of drug-likeness (QED) is 0.867. The molecule has 4 nitrogen and oxygen atoms in total. The fraction of sp³-hybridized carbons (Fsp3) is 0.0833. The van der Waals surface area contributed by atoms with E-state index in [4.69, 9.17) is 0 Å². The Morgan fingerprint density at radius 3 is 2.67 bits per heavy atom. The molecule has 0 atom stereocenters. The molecule has 0 aliphatic rings. The monoisotopic (exact) mass is 264 g/mol. The van der Waals surface area contributed by atoms with Crippen molar-refractivity contribution in [1.82, 2.24) is 4.98 Å². The largest absolute Gasteiger partial charge is 0.298 e. The van der Waals surface area contributed by atoms with Crippen LogP contribution in [0.4, 0.5) is 9.52 Å². The van der Waals surface area contributed by atoms with Crippen molar-refractivity contribution in [1.29, 1.82) is 0 Å². The van der Waals surface area contributed by atoms with Gasteiger partial charge in [-0.2, -0.15) is 0 Å². The summed E-state index contributed by atoms with van der Waals surface area (Å²) in [5, 5.41) is 4.26. The summed E-state index contributed by atoms with van der Waals surface area (Å²) in [6.45, 7) is 1.39. The molecule has 0 saturated heterocycles. The molecular formula is C12H9FN2O2S. The standard InChI is InChI=1S/C12H9FN2O2S/c1-7(16)10-6-18-12(14-10)15-11(17)8-4-2-3-5-9(8)13/h2-6H,1H3,(H,14,15,17). The number of hydrogen-bond donors (Lipinski definition) is 1. The third-order valence-corrected chi connectivity index (χ3v) is 2.96. The average molecular weight is 264 g/mol. The van der Waals surface area contributed by atoms with Gasteiger partial charge in [0, 0.05) is 12.3 Å². The van der Waals surface area contributed by atoms with Crippen LogP contribution in [0.5, 0.6) is 0 Å². The maximum Gasteiger partial charge on any atom is 0.260 e. The summed E-state index contributed by atoms with van der Waals surface area (Å²) in [5.74, 6) is -1.37. The number of nitrogens with one attached hydrogen (secondary N) is 1. The number of hydrogen-bond acceptors (Lipinski definition) is 4. The number of ketones is 1. The van der Waals surface area contributed by atoms with Crippen molar-refractivity contribution >= 4 is 28.2 Å². The van der Waals surface area contributed by atoms with Crippen LogP contribution < -0.4 is 5.32 Å². The van der Waals surface area contributed by atoms with Crippen LogP contribution in [0, 0.1) is 5.82 Å². The Kier molecular flexibility index (Phi) is 3.47. The molecule has 0 aliphatic carbocycles. The van der Waals surface area contributed by atoms with E-state index in [2.05, 4.69) is 10.3 Å². The first-order valence-corrected chi connectivity index (χ1v) is 5.98. The van der Waals surface area contributed by atoms with Gasteiger partial charge in [-0.15, -0.1) is 11.3 Å². The Morgan fingerprint density at radius 2 is 2.06 bits per heavy atom. The lowest BCUT2D eigenvalue weighted by Crippen LogP contribution is -2.13. The Morgan fingerprint density at radius 1 is 1.33 bits per heavy atom. The zero-order valence-electron chi connectivity index (χ0n) is 9.44. The van der Waals surface area contributed by atoms with Crippen molar-refractivity contribution in [3.63, 3.8) is 0 Å². The zero-order chi connectivity index (χ0) is 13.1. The SMILES string of the molecule is CC(=O)c1csc(NC(=O)c2ccccc2F)n1. The molecule has 1 N–H and O–H groups in total. The highest BCUT2D eigenvalue weighted by molar-refractivity contribution is 7.14. The van der Waals surface area contributed by atoms with Gasteiger partial charge in [0.1, 0.15) is 11.5 Å². The van der Waals surface area contributed by atoms with Crippen molar-refractivity contribution < 1.29 is 14.0 Å². The minimum Gasteiger partial charge on any atom is -0.298 e. The average Bonchev–Trinajstić information content (AvgIpc) is 2.78. The van der Waals surface area contributed by atoms with Gasteiger partial charge in [0.25, 0.3) is 5.91 Å². The number of amides is 1. The van der Waals surface area contributed by atoms with Gasteiger partial charge in [0.2, 0.25) is 0 Å². The number of nitrogens with zero attached hydrogens (tertiary/aromatic N) is 1. The first kappa shape index (κ1) is 12.4. The maximum absolute atomic E-state index is 13.3. The lowest BCUT2D eigenvalue weighted by Gasteiger charge is -2.02. The number of rotatable bonds is 3. The van der Waals surface area contributed by atoms with E-state index in [1.807, 2.05) is 0 Å². The Hall–Kier alpha value is -2.08. The van der Waals surface area contributed by atoms with Gasteiger partial charge in [-0.1, -0.05) is 12.1 Å². The third-order valence-electron chi connectivity index (χ3n) is 2.20. The van der Waals surface area contributed by atoms with E-state index in [0.717, 1.165) is 11.3 Å².